The minimum absolute atomic E-state index is 0.306. The Balaban J connectivity index is 0.000000224. The van der Waals surface area contributed by atoms with E-state index in [2.05, 4.69) is 95.6 Å². The van der Waals surface area contributed by atoms with E-state index in [1.165, 1.54) is 0 Å². The van der Waals surface area contributed by atoms with Gasteiger partial charge < -0.3 is 0 Å². The Bertz CT molecular complexity index is 583. The van der Waals surface area contributed by atoms with Crippen molar-refractivity contribution < 1.29 is 8.78 Å². The summed E-state index contributed by atoms with van der Waals surface area (Å²) in [6.07, 6.45) is 0. The van der Waals surface area contributed by atoms with Crippen LogP contribution in [0.25, 0.3) is 0 Å². The van der Waals surface area contributed by atoms with Crippen LogP contribution < -0.4 is 0 Å². The molecule has 22 heavy (non-hydrogen) atoms. The molecule has 120 valence electrons. The van der Waals surface area contributed by atoms with Crippen molar-refractivity contribution in [2.75, 3.05) is 0 Å². The molecule has 0 N–H and O–H groups in total. The van der Waals surface area contributed by atoms with Crippen LogP contribution in [0.4, 0.5) is 8.78 Å². The molecule has 0 nitrogen and oxygen atoms in total. The lowest BCUT2D eigenvalue weighted by atomic mass is 10.2. The lowest BCUT2D eigenvalue weighted by Gasteiger charge is -2.07. The summed E-state index contributed by atoms with van der Waals surface area (Å²) in [5, 5.41) is 0. The highest BCUT2D eigenvalue weighted by atomic mass is 79.9. The van der Waals surface area contributed by atoms with E-state index in [4.69, 9.17) is 0 Å². The molecular weight excluding hydrogens is 686 g/mol. The Morgan fingerprint density at radius 3 is 1.73 bits per heavy atom. The van der Waals surface area contributed by atoms with E-state index in [-0.39, 0.29) is 5.82 Å². The third-order valence-electron chi connectivity index (χ3n) is 2.57. The maximum absolute atomic E-state index is 13.3. The Morgan fingerprint density at radius 1 is 0.818 bits per heavy atom. The fraction of sp³-hybridized carbons (Fsp3) is 0.143. The molecular formula is C14H8Br6F2. The standard InChI is InChI=1S/C7H3Br4F.C7H5Br2F/c1-2-3(8)5(10)7(12)6(11)4(2)9;8-6-2-1-5(4-10)3-7(6)9/h1H3;1-3H,4H2. The summed E-state index contributed by atoms with van der Waals surface area (Å²) in [4.78, 5) is 0. The number of halogens is 8. The van der Waals surface area contributed by atoms with E-state index in [1.807, 2.05) is 13.0 Å². The Labute approximate surface area is 178 Å². The topological polar surface area (TPSA) is 0 Å². The first-order valence-electron chi connectivity index (χ1n) is 5.68. The molecule has 2 aromatic carbocycles. The second-order valence-electron chi connectivity index (χ2n) is 4.08. The minimum Gasteiger partial charge on any atom is -0.246 e. The normalized spacial score (nSPS) is 10.2. The minimum atomic E-state index is -0.411. The summed E-state index contributed by atoms with van der Waals surface area (Å²) >= 11 is 19.4. The van der Waals surface area contributed by atoms with Gasteiger partial charge in [0.1, 0.15) is 6.67 Å². The zero-order valence-corrected chi connectivity index (χ0v) is 20.5. The molecule has 0 atom stereocenters. The Hall–Kier alpha value is 1.18. The molecule has 0 radical (unpaired) electrons. The summed E-state index contributed by atoms with van der Waals surface area (Å²) in [7, 11) is 0. The largest absolute Gasteiger partial charge is 0.246 e. The molecule has 0 aromatic heterocycles. The zero-order valence-electron chi connectivity index (χ0n) is 11.0. The fourth-order valence-electron chi connectivity index (χ4n) is 1.34. The van der Waals surface area contributed by atoms with Gasteiger partial charge in [0.25, 0.3) is 0 Å². The summed E-state index contributed by atoms with van der Waals surface area (Å²) in [6, 6.07) is 5.32. The van der Waals surface area contributed by atoms with Crippen molar-refractivity contribution in [1.29, 1.82) is 0 Å². The summed E-state index contributed by atoms with van der Waals surface area (Å²) in [5.74, 6) is -0.306. The number of rotatable bonds is 1. The molecule has 0 aliphatic heterocycles. The molecule has 0 saturated carbocycles. The third-order valence-corrected chi connectivity index (χ3v) is 8.98. The van der Waals surface area contributed by atoms with Crippen molar-refractivity contribution in [3.63, 3.8) is 0 Å². The van der Waals surface area contributed by atoms with Crippen LogP contribution in [-0.4, -0.2) is 0 Å². The maximum atomic E-state index is 13.3. The second-order valence-corrected chi connectivity index (χ2v) is 8.96. The lowest BCUT2D eigenvalue weighted by molar-refractivity contribution is 0.485. The van der Waals surface area contributed by atoms with Gasteiger partial charge in [0.05, 0.1) is 8.95 Å². The van der Waals surface area contributed by atoms with E-state index in [9.17, 15) is 8.78 Å². The molecule has 0 saturated heterocycles. The molecule has 0 heterocycles. The van der Waals surface area contributed by atoms with E-state index < -0.39 is 6.67 Å². The van der Waals surface area contributed by atoms with Crippen LogP contribution in [-0.2, 0) is 6.67 Å². The second kappa shape index (κ2) is 9.61. The van der Waals surface area contributed by atoms with Gasteiger partial charge in [0, 0.05) is 17.9 Å². The van der Waals surface area contributed by atoms with Gasteiger partial charge in [-0.3, -0.25) is 0 Å². The first-order valence-corrected chi connectivity index (χ1v) is 10.4. The summed E-state index contributed by atoms with van der Waals surface area (Å²) < 4.78 is 29.5. The summed E-state index contributed by atoms with van der Waals surface area (Å²) in [6.45, 7) is 1.48. The molecule has 0 aliphatic carbocycles. The number of hydrogen-bond acceptors (Lipinski definition) is 0. The van der Waals surface area contributed by atoms with Gasteiger partial charge >= 0.3 is 0 Å². The first-order chi connectivity index (χ1) is 10.2. The Morgan fingerprint density at radius 2 is 1.32 bits per heavy atom. The van der Waals surface area contributed by atoms with Gasteiger partial charge in [-0.1, -0.05) is 6.07 Å². The van der Waals surface area contributed by atoms with Crippen LogP contribution in [0.15, 0.2) is 45.0 Å². The van der Waals surface area contributed by atoms with E-state index >= 15 is 0 Å². The molecule has 2 rings (SSSR count). The van der Waals surface area contributed by atoms with Crippen LogP contribution in [0.5, 0.6) is 0 Å². The molecule has 0 unspecified atom stereocenters. The highest BCUT2D eigenvalue weighted by Gasteiger charge is 2.15. The van der Waals surface area contributed by atoms with Crippen molar-refractivity contribution in [2.24, 2.45) is 0 Å². The fourth-order valence-corrected chi connectivity index (χ4v) is 4.28. The maximum Gasteiger partial charge on any atom is 0.153 e. The highest BCUT2D eigenvalue weighted by molar-refractivity contribution is 9.14. The third kappa shape index (κ3) is 5.34. The van der Waals surface area contributed by atoms with E-state index in [0.717, 1.165) is 23.5 Å². The number of alkyl halides is 1. The SMILES string of the molecule is Cc1c(Br)c(Br)c(F)c(Br)c1Br.FCc1ccc(Br)c(Br)c1. The smallest absolute Gasteiger partial charge is 0.153 e. The van der Waals surface area contributed by atoms with Gasteiger partial charge in [-0.05, 0) is 126 Å². The zero-order chi connectivity index (χ0) is 17.0. The quantitative estimate of drug-likeness (QED) is 0.207. The van der Waals surface area contributed by atoms with Crippen LogP contribution in [0.1, 0.15) is 11.1 Å². The predicted molar refractivity (Wildman–Crippen MR) is 109 cm³/mol. The van der Waals surface area contributed by atoms with Crippen LogP contribution >= 0.6 is 95.6 Å². The van der Waals surface area contributed by atoms with E-state index in [1.54, 1.807) is 12.1 Å². The molecule has 0 amide bonds. The molecule has 0 bridgehead atoms. The van der Waals surface area contributed by atoms with Crippen molar-refractivity contribution in [3.8, 4) is 0 Å². The van der Waals surface area contributed by atoms with Crippen molar-refractivity contribution in [3.05, 3.63) is 62.0 Å². The molecule has 2 aromatic rings. The van der Waals surface area contributed by atoms with Crippen molar-refractivity contribution in [1.82, 2.24) is 0 Å². The molecule has 0 spiro atoms. The lowest BCUT2D eigenvalue weighted by Crippen LogP contribution is -1.88. The van der Waals surface area contributed by atoms with Gasteiger partial charge in [-0.25, -0.2) is 8.78 Å². The molecule has 0 fully saturated rings. The predicted octanol–water partition coefficient (Wildman–Crippen LogP) is 8.87. The van der Waals surface area contributed by atoms with Gasteiger partial charge in [-0.15, -0.1) is 0 Å². The first kappa shape index (κ1) is 21.2. The number of benzene rings is 2. The average molecular weight is 694 g/mol. The monoisotopic (exact) mass is 688 g/mol. The Kier molecular flexibility index (Phi) is 9.27. The van der Waals surface area contributed by atoms with Crippen LogP contribution in [0, 0.1) is 12.7 Å². The van der Waals surface area contributed by atoms with Crippen molar-refractivity contribution in [2.45, 2.75) is 13.6 Å². The van der Waals surface area contributed by atoms with Gasteiger partial charge in [0.15, 0.2) is 5.82 Å². The van der Waals surface area contributed by atoms with Gasteiger partial charge in [-0.2, -0.15) is 0 Å². The average Bonchev–Trinajstić information content (AvgIpc) is 2.52. The van der Waals surface area contributed by atoms with E-state index in [0.29, 0.717) is 14.5 Å². The number of hydrogen-bond donors (Lipinski definition) is 0. The molecule has 0 aliphatic rings. The molecule has 8 heteroatoms. The van der Waals surface area contributed by atoms with Crippen LogP contribution in [0.2, 0.25) is 0 Å². The summed E-state index contributed by atoms with van der Waals surface area (Å²) in [5.41, 5.74) is 1.64. The van der Waals surface area contributed by atoms with Crippen LogP contribution in [0.3, 0.4) is 0 Å². The highest BCUT2D eigenvalue weighted by Crippen LogP contribution is 2.39. The van der Waals surface area contributed by atoms with Gasteiger partial charge in [0.2, 0.25) is 0 Å². The van der Waals surface area contributed by atoms with Crippen molar-refractivity contribution >= 4 is 95.6 Å².